The predicted octanol–water partition coefficient (Wildman–Crippen LogP) is 5.57. The molecule has 32 heavy (non-hydrogen) atoms. The summed E-state index contributed by atoms with van der Waals surface area (Å²) in [6, 6.07) is 10.6. The van der Waals surface area contributed by atoms with Gasteiger partial charge in [0.15, 0.2) is 9.84 Å². The Morgan fingerprint density at radius 3 is 2.12 bits per heavy atom. The summed E-state index contributed by atoms with van der Waals surface area (Å²) in [5.74, 6) is 0. The lowest BCUT2D eigenvalue weighted by Crippen LogP contribution is -2.13. The summed E-state index contributed by atoms with van der Waals surface area (Å²) in [4.78, 5) is 8.36. The first-order valence-corrected chi connectivity index (χ1v) is 11.4. The molecule has 0 spiro atoms. The van der Waals surface area contributed by atoms with Gasteiger partial charge in [-0.2, -0.15) is 13.2 Å². The summed E-state index contributed by atoms with van der Waals surface area (Å²) in [5.41, 5.74) is 1.52. The normalized spacial score (nSPS) is 12.6. The number of aryl methyl sites for hydroxylation is 1. The van der Waals surface area contributed by atoms with Gasteiger partial charge in [-0.1, -0.05) is 18.2 Å². The molecule has 0 saturated heterocycles. The highest BCUT2D eigenvalue weighted by atomic mass is 32.2. The molecule has 0 bridgehead atoms. The topological polar surface area (TPSA) is 64.3 Å². The lowest BCUT2D eigenvalue weighted by Gasteiger charge is -2.13. The SMILES string of the molecule is Cc1ccc(-c2cc(C(F)(F)F)c3ncc(-c4ccc(S(=O)(=O)C(C)C)cc4)n3c2)cn1. The summed E-state index contributed by atoms with van der Waals surface area (Å²) in [7, 11) is -3.46. The summed E-state index contributed by atoms with van der Waals surface area (Å²) in [6.45, 7) is 4.98. The van der Waals surface area contributed by atoms with Gasteiger partial charge in [0.2, 0.25) is 0 Å². The van der Waals surface area contributed by atoms with Crippen molar-refractivity contribution in [1.82, 2.24) is 14.4 Å². The van der Waals surface area contributed by atoms with Crippen molar-refractivity contribution in [2.75, 3.05) is 0 Å². The zero-order chi connectivity index (χ0) is 23.3. The van der Waals surface area contributed by atoms with E-state index in [4.69, 9.17) is 0 Å². The summed E-state index contributed by atoms with van der Waals surface area (Å²) in [5, 5.41) is -0.579. The van der Waals surface area contributed by atoms with Gasteiger partial charge in [-0.3, -0.25) is 9.38 Å². The highest BCUT2D eigenvalue weighted by Gasteiger charge is 2.35. The van der Waals surface area contributed by atoms with E-state index in [1.807, 2.05) is 0 Å². The van der Waals surface area contributed by atoms with Crippen molar-refractivity contribution in [3.05, 3.63) is 72.3 Å². The number of rotatable bonds is 4. The number of hydrogen-bond acceptors (Lipinski definition) is 4. The average Bonchev–Trinajstić information content (AvgIpc) is 3.16. The molecule has 0 radical (unpaired) electrons. The summed E-state index contributed by atoms with van der Waals surface area (Å²) in [6.07, 6.45) is -0.141. The fraction of sp³-hybridized carbons (Fsp3) is 0.217. The van der Waals surface area contributed by atoms with Gasteiger partial charge in [0.25, 0.3) is 0 Å². The van der Waals surface area contributed by atoms with Gasteiger partial charge in [0, 0.05) is 34.8 Å². The van der Waals surface area contributed by atoms with Crippen molar-refractivity contribution < 1.29 is 21.6 Å². The lowest BCUT2D eigenvalue weighted by molar-refractivity contribution is -0.136. The van der Waals surface area contributed by atoms with Crippen LogP contribution in [-0.2, 0) is 16.0 Å². The molecule has 0 N–H and O–H groups in total. The van der Waals surface area contributed by atoms with E-state index in [2.05, 4.69) is 9.97 Å². The highest BCUT2D eigenvalue weighted by molar-refractivity contribution is 7.92. The minimum absolute atomic E-state index is 0.160. The standard InChI is InChI=1S/C23H20F3N3O2S/c1-14(2)32(30,31)19-8-6-16(7-9-19)21-12-28-22-20(23(24,25)26)10-18(13-29(21)22)17-5-4-15(3)27-11-17/h4-14H,1-3H3. The van der Waals surface area contributed by atoms with Crippen LogP contribution in [-0.4, -0.2) is 28.0 Å². The van der Waals surface area contributed by atoms with Crippen molar-refractivity contribution >= 4 is 15.5 Å². The van der Waals surface area contributed by atoms with Crippen molar-refractivity contribution in [3.8, 4) is 22.4 Å². The molecule has 0 unspecified atom stereocenters. The second-order valence-electron chi connectivity index (χ2n) is 7.78. The zero-order valence-electron chi connectivity index (χ0n) is 17.6. The van der Waals surface area contributed by atoms with E-state index in [1.165, 1.54) is 28.9 Å². The van der Waals surface area contributed by atoms with E-state index in [9.17, 15) is 21.6 Å². The summed E-state index contributed by atoms with van der Waals surface area (Å²) >= 11 is 0. The zero-order valence-corrected chi connectivity index (χ0v) is 18.4. The second-order valence-corrected chi connectivity index (χ2v) is 10.3. The molecule has 4 rings (SSSR count). The molecule has 4 aromatic rings. The Hall–Kier alpha value is -3.20. The van der Waals surface area contributed by atoms with E-state index in [1.54, 1.807) is 51.2 Å². The Morgan fingerprint density at radius 2 is 1.56 bits per heavy atom. The molecular weight excluding hydrogens is 439 g/mol. The van der Waals surface area contributed by atoms with E-state index >= 15 is 0 Å². The Bertz CT molecular complexity index is 1390. The molecule has 5 nitrogen and oxygen atoms in total. The molecule has 0 amide bonds. The smallest absolute Gasteiger partial charge is 0.299 e. The number of nitrogens with zero attached hydrogens (tertiary/aromatic N) is 3. The van der Waals surface area contributed by atoms with Gasteiger partial charge in [-0.15, -0.1) is 0 Å². The maximum atomic E-state index is 13.8. The fourth-order valence-corrected chi connectivity index (χ4v) is 4.45. The van der Waals surface area contributed by atoms with Gasteiger partial charge < -0.3 is 0 Å². The van der Waals surface area contributed by atoms with E-state index in [-0.39, 0.29) is 10.5 Å². The second kappa shape index (κ2) is 7.74. The maximum Gasteiger partial charge on any atom is 0.420 e. The first-order valence-electron chi connectivity index (χ1n) is 9.84. The minimum atomic E-state index is -4.60. The monoisotopic (exact) mass is 459 g/mol. The average molecular weight is 459 g/mol. The van der Waals surface area contributed by atoms with Crippen LogP contribution in [0.5, 0.6) is 0 Å². The van der Waals surface area contributed by atoms with Crippen LogP contribution < -0.4 is 0 Å². The third-order valence-corrected chi connectivity index (χ3v) is 7.43. The third kappa shape index (κ3) is 3.88. The molecule has 9 heteroatoms. The number of imidazole rings is 1. The number of alkyl halides is 3. The summed E-state index contributed by atoms with van der Waals surface area (Å²) < 4.78 is 67.6. The Kier molecular flexibility index (Phi) is 5.32. The van der Waals surface area contributed by atoms with Crippen LogP contribution in [0, 0.1) is 6.92 Å². The molecule has 0 saturated carbocycles. The number of benzene rings is 1. The Morgan fingerprint density at radius 1 is 0.906 bits per heavy atom. The number of aromatic nitrogens is 3. The Labute approximate surface area is 183 Å². The van der Waals surface area contributed by atoms with Gasteiger partial charge in [-0.05, 0) is 45.0 Å². The van der Waals surface area contributed by atoms with E-state index in [0.29, 0.717) is 22.4 Å². The first kappa shape index (κ1) is 22.0. The van der Waals surface area contributed by atoms with E-state index in [0.717, 1.165) is 11.8 Å². The van der Waals surface area contributed by atoms with Crippen LogP contribution in [0.1, 0.15) is 25.1 Å². The first-order chi connectivity index (χ1) is 15.0. The van der Waals surface area contributed by atoms with Crippen LogP contribution in [0.3, 0.4) is 0 Å². The van der Waals surface area contributed by atoms with Crippen molar-refractivity contribution in [3.63, 3.8) is 0 Å². The number of hydrogen-bond donors (Lipinski definition) is 0. The van der Waals surface area contributed by atoms with Crippen LogP contribution in [0.15, 0.2) is 66.0 Å². The van der Waals surface area contributed by atoms with Gasteiger partial charge in [0.05, 0.1) is 27.6 Å². The molecule has 0 aliphatic rings. The lowest BCUT2D eigenvalue weighted by atomic mass is 10.1. The molecular formula is C23H20F3N3O2S. The molecule has 0 aliphatic carbocycles. The quantitative estimate of drug-likeness (QED) is 0.400. The van der Waals surface area contributed by atoms with Crippen molar-refractivity contribution in [1.29, 1.82) is 0 Å². The largest absolute Gasteiger partial charge is 0.420 e. The van der Waals surface area contributed by atoms with Gasteiger partial charge >= 0.3 is 6.18 Å². The molecule has 0 atom stereocenters. The molecule has 0 fully saturated rings. The highest BCUT2D eigenvalue weighted by Crippen LogP contribution is 2.37. The molecule has 166 valence electrons. The van der Waals surface area contributed by atoms with Gasteiger partial charge in [0.1, 0.15) is 5.65 Å². The van der Waals surface area contributed by atoms with Crippen LogP contribution in [0.25, 0.3) is 28.0 Å². The molecule has 3 heterocycles. The van der Waals surface area contributed by atoms with E-state index < -0.39 is 26.8 Å². The van der Waals surface area contributed by atoms with Crippen LogP contribution in [0.4, 0.5) is 13.2 Å². The van der Waals surface area contributed by atoms with Gasteiger partial charge in [-0.25, -0.2) is 13.4 Å². The van der Waals surface area contributed by atoms with Crippen molar-refractivity contribution in [2.45, 2.75) is 37.1 Å². The number of pyridine rings is 2. The molecule has 1 aromatic carbocycles. The predicted molar refractivity (Wildman–Crippen MR) is 116 cm³/mol. The number of halogens is 3. The fourth-order valence-electron chi connectivity index (χ4n) is 3.39. The molecule has 3 aromatic heterocycles. The maximum absolute atomic E-state index is 13.8. The molecule has 0 aliphatic heterocycles. The van der Waals surface area contributed by atoms with Crippen LogP contribution >= 0.6 is 0 Å². The Balaban J connectivity index is 1.90. The third-order valence-electron chi connectivity index (χ3n) is 5.26. The van der Waals surface area contributed by atoms with Crippen LogP contribution in [0.2, 0.25) is 0 Å². The minimum Gasteiger partial charge on any atom is -0.299 e. The number of fused-ring (bicyclic) bond motifs is 1. The van der Waals surface area contributed by atoms with Crippen molar-refractivity contribution in [2.24, 2.45) is 0 Å². The number of sulfone groups is 1.